The maximum Gasteiger partial charge on any atom is 0.338 e. The molecule has 0 aliphatic rings. The zero-order chi connectivity index (χ0) is 19.3. The van der Waals surface area contributed by atoms with E-state index in [0.29, 0.717) is 17.7 Å². The highest BCUT2D eigenvalue weighted by Crippen LogP contribution is 2.15. The van der Waals surface area contributed by atoms with Gasteiger partial charge in [-0.15, -0.1) is 0 Å². The smallest absolute Gasteiger partial charge is 0.338 e. The second-order valence-corrected chi connectivity index (χ2v) is 6.34. The summed E-state index contributed by atoms with van der Waals surface area (Å²) in [6, 6.07) is 12.3. The first-order valence-corrected chi connectivity index (χ1v) is 8.43. The fraction of sp³-hybridized carbons (Fsp3) is 0.286. The van der Waals surface area contributed by atoms with Gasteiger partial charge in [-0.25, -0.2) is 4.79 Å². The molecule has 0 fully saturated rings. The molecule has 26 heavy (non-hydrogen) atoms. The van der Waals surface area contributed by atoms with E-state index in [1.165, 1.54) is 6.92 Å². The topological polar surface area (TPSA) is 72.5 Å². The molecule has 1 N–H and O–H groups in total. The average molecular weight is 353 g/mol. The Kier molecular flexibility index (Phi) is 6.28. The highest BCUT2D eigenvalue weighted by atomic mass is 16.5. The molecule has 0 aromatic heterocycles. The lowest BCUT2D eigenvalue weighted by Gasteiger charge is -2.14. The van der Waals surface area contributed by atoms with E-state index in [9.17, 15) is 14.4 Å². The Labute approximate surface area is 153 Å². The number of hydrogen-bond acceptors (Lipinski definition) is 4. The van der Waals surface area contributed by atoms with E-state index >= 15 is 0 Å². The number of ether oxygens (including phenoxy) is 1. The molecule has 5 nitrogen and oxygen atoms in total. The van der Waals surface area contributed by atoms with Gasteiger partial charge in [-0.3, -0.25) is 9.59 Å². The van der Waals surface area contributed by atoms with Crippen molar-refractivity contribution in [3.8, 4) is 0 Å². The number of carbonyl (C=O) groups excluding carboxylic acids is 3. The van der Waals surface area contributed by atoms with Crippen LogP contribution < -0.4 is 5.32 Å². The molecule has 136 valence electrons. The van der Waals surface area contributed by atoms with Gasteiger partial charge in [0, 0.05) is 19.0 Å². The quantitative estimate of drug-likeness (QED) is 0.638. The minimum Gasteiger partial charge on any atom is -0.451 e. The predicted octanol–water partition coefficient (Wildman–Crippen LogP) is 3.37. The molecule has 1 amide bonds. The van der Waals surface area contributed by atoms with Crippen molar-refractivity contribution in [3.63, 3.8) is 0 Å². The molecule has 0 saturated heterocycles. The van der Waals surface area contributed by atoms with E-state index < -0.39 is 12.1 Å². The second-order valence-electron chi connectivity index (χ2n) is 6.34. The van der Waals surface area contributed by atoms with Crippen LogP contribution in [0.5, 0.6) is 0 Å². The first kappa shape index (κ1) is 19.4. The average Bonchev–Trinajstić information content (AvgIpc) is 2.61. The third-order valence-corrected chi connectivity index (χ3v) is 4.04. The number of carbonyl (C=O) groups is 3. The van der Waals surface area contributed by atoms with E-state index in [4.69, 9.17) is 4.74 Å². The second kappa shape index (κ2) is 8.43. The van der Waals surface area contributed by atoms with Crippen LogP contribution in [0, 0.1) is 13.8 Å². The molecule has 0 heterocycles. The number of ketones is 1. The lowest BCUT2D eigenvalue weighted by molar-refractivity contribution is -0.119. The summed E-state index contributed by atoms with van der Waals surface area (Å²) in [5, 5.41) is 2.69. The number of rotatable bonds is 6. The predicted molar refractivity (Wildman–Crippen MR) is 99.1 cm³/mol. The summed E-state index contributed by atoms with van der Waals surface area (Å²) in [4.78, 5) is 35.8. The van der Waals surface area contributed by atoms with E-state index in [1.807, 2.05) is 26.0 Å². The monoisotopic (exact) mass is 353 g/mol. The molecule has 0 radical (unpaired) electrons. The van der Waals surface area contributed by atoms with Gasteiger partial charge in [0.2, 0.25) is 11.7 Å². The molecule has 0 saturated carbocycles. The third-order valence-electron chi connectivity index (χ3n) is 4.04. The van der Waals surface area contributed by atoms with E-state index in [2.05, 4.69) is 5.32 Å². The summed E-state index contributed by atoms with van der Waals surface area (Å²) < 4.78 is 5.33. The molecule has 0 bridgehead atoms. The van der Waals surface area contributed by atoms with Gasteiger partial charge in [0.25, 0.3) is 0 Å². The van der Waals surface area contributed by atoms with Gasteiger partial charge in [0.05, 0.1) is 5.56 Å². The summed E-state index contributed by atoms with van der Waals surface area (Å²) in [5.41, 5.74) is 3.63. The fourth-order valence-corrected chi connectivity index (χ4v) is 2.49. The van der Waals surface area contributed by atoms with Gasteiger partial charge in [-0.2, -0.15) is 0 Å². The van der Waals surface area contributed by atoms with Gasteiger partial charge in [0.1, 0.15) is 0 Å². The Morgan fingerprint density at radius 1 is 1.04 bits per heavy atom. The van der Waals surface area contributed by atoms with Crippen molar-refractivity contribution in [2.75, 3.05) is 0 Å². The van der Waals surface area contributed by atoms with Crippen LogP contribution in [0.15, 0.2) is 42.5 Å². The molecule has 0 aliphatic heterocycles. The number of Topliss-reactive ketones (excluding diaryl/α,β-unsaturated/α-hetero) is 1. The maximum atomic E-state index is 12.6. The molecule has 2 aromatic carbocycles. The van der Waals surface area contributed by atoms with Crippen LogP contribution in [0.2, 0.25) is 0 Å². The van der Waals surface area contributed by atoms with Crippen molar-refractivity contribution in [3.05, 3.63) is 70.3 Å². The Balaban J connectivity index is 2.03. The molecule has 1 unspecified atom stereocenters. The van der Waals surface area contributed by atoms with Crippen LogP contribution in [0.3, 0.4) is 0 Å². The van der Waals surface area contributed by atoms with Gasteiger partial charge in [0.15, 0.2) is 6.10 Å². The van der Waals surface area contributed by atoms with Crippen molar-refractivity contribution in [2.45, 2.75) is 40.3 Å². The SMILES string of the molecule is CC(=O)NCc1ccc(C(=O)OC(C)C(=O)c2cc(C)ccc2C)cc1. The normalized spacial score (nSPS) is 11.5. The van der Waals surface area contributed by atoms with E-state index in [1.54, 1.807) is 37.3 Å². The zero-order valence-corrected chi connectivity index (χ0v) is 15.5. The molecular weight excluding hydrogens is 330 g/mol. The standard InChI is InChI=1S/C21H23NO4/c1-13-5-6-14(2)19(11-13)20(24)15(3)26-21(25)18-9-7-17(8-10-18)12-22-16(4)23/h5-11,15H,12H2,1-4H3,(H,22,23). The van der Waals surface area contributed by atoms with Crippen LogP contribution in [-0.4, -0.2) is 23.8 Å². The Morgan fingerprint density at radius 3 is 2.31 bits per heavy atom. The number of amides is 1. The van der Waals surface area contributed by atoms with E-state index in [0.717, 1.165) is 16.7 Å². The zero-order valence-electron chi connectivity index (χ0n) is 15.5. The van der Waals surface area contributed by atoms with Crippen LogP contribution >= 0.6 is 0 Å². The highest BCUT2D eigenvalue weighted by Gasteiger charge is 2.21. The number of aryl methyl sites for hydroxylation is 2. The molecule has 1 atom stereocenters. The van der Waals surface area contributed by atoms with Gasteiger partial charge >= 0.3 is 5.97 Å². The van der Waals surface area contributed by atoms with Gasteiger partial charge < -0.3 is 10.1 Å². The number of nitrogens with one attached hydrogen (secondary N) is 1. The highest BCUT2D eigenvalue weighted by molar-refractivity contribution is 6.02. The Morgan fingerprint density at radius 2 is 1.69 bits per heavy atom. The minimum atomic E-state index is -0.873. The lowest BCUT2D eigenvalue weighted by Crippen LogP contribution is -2.25. The van der Waals surface area contributed by atoms with Gasteiger partial charge in [-0.05, 0) is 50.1 Å². The number of benzene rings is 2. The minimum absolute atomic E-state index is 0.118. The summed E-state index contributed by atoms with van der Waals surface area (Å²) in [6.45, 7) is 7.18. The van der Waals surface area contributed by atoms with Crippen molar-refractivity contribution in [1.82, 2.24) is 5.32 Å². The van der Waals surface area contributed by atoms with Crippen molar-refractivity contribution in [2.24, 2.45) is 0 Å². The number of esters is 1. The van der Waals surface area contributed by atoms with Gasteiger partial charge in [-0.1, -0.05) is 29.8 Å². The molecular formula is C21H23NO4. The number of hydrogen-bond donors (Lipinski definition) is 1. The van der Waals surface area contributed by atoms with Crippen molar-refractivity contribution >= 4 is 17.7 Å². The van der Waals surface area contributed by atoms with Crippen LogP contribution in [0.4, 0.5) is 0 Å². The fourth-order valence-electron chi connectivity index (χ4n) is 2.49. The van der Waals surface area contributed by atoms with Crippen LogP contribution in [-0.2, 0) is 16.1 Å². The Bertz CT molecular complexity index is 824. The van der Waals surface area contributed by atoms with Crippen molar-refractivity contribution in [1.29, 1.82) is 0 Å². The summed E-state index contributed by atoms with van der Waals surface area (Å²) in [6.07, 6.45) is -0.873. The molecule has 2 aromatic rings. The molecule has 2 rings (SSSR count). The van der Waals surface area contributed by atoms with Crippen LogP contribution in [0.25, 0.3) is 0 Å². The first-order valence-electron chi connectivity index (χ1n) is 8.43. The molecule has 0 aliphatic carbocycles. The first-order chi connectivity index (χ1) is 12.3. The third kappa shape index (κ3) is 5.02. The maximum absolute atomic E-state index is 12.6. The molecule has 5 heteroatoms. The summed E-state index contributed by atoms with van der Waals surface area (Å²) in [7, 11) is 0. The molecule has 0 spiro atoms. The van der Waals surface area contributed by atoms with Crippen LogP contribution in [0.1, 0.15) is 51.3 Å². The summed E-state index contributed by atoms with van der Waals surface area (Å²) >= 11 is 0. The van der Waals surface area contributed by atoms with E-state index in [-0.39, 0.29) is 11.7 Å². The summed E-state index contributed by atoms with van der Waals surface area (Å²) in [5.74, 6) is -0.892. The lowest BCUT2D eigenvalue weighted by atomic mass is 9.99. The largest absolute Gasteiger partial charge is 0.451 e. The van der Waals surface area contributed by atoms with Crippen molar-refractivity contribution < 1.29 is 19.1 Å². The Hall–Kier alpha value is -2.95.